The van der Waals surface area contributed by atoms with Gasteiger partial charge >= 0.3 is 0 Å². The van der Waals surface area contributed by atoms with Crippen LogP contribution < -0.4 is 4.74 Å². The zero-order chi connectivity index (χ0) is 15.4. The molecule has 3 rings (SSSR count). The maximum Gasteiger partial charge on any atom is 0.137 e. The second-order valence-electron chi connectivity index (χ2n) is 5.70. The van der Waals surface area contributed by atoms with Crippen LogP contribution in [-0.2, 0) is 6.54 Å². The van der Waals surface area contributed by atoms with Crippen molar-refractivity contribution in [1.82, 2.24) is 15.1 Å². The Labute approximate surface area is 140 Å². The molecule has 1 fully saturated rings. The summed E-state index contributed by atoms with van der Waals surface area (Å²) in [5.74, 6) is 1.32. The zero-order valence-corrected chi connectivity index (χ0v) is 14.2. The van der Waals surface area contributed by atoms with Gasteiger partial charge in [-0.15, -0.1) is 21.5 Å². The monoisotopic (exact) mass is 337 g/mol. The van der Waals surface area contributed by atoms with E-state index in [0.717, 1.165) is 42.0 Å². The summed E-state index contributed by atoms with van der Waals surface area (Å²) < 4.78 is 5.89. The first-order chi connectivity index (χ1) is 10.7. The van der Waals surface area contributed by atoms with Crippen LogP contribution in [0.25, 0.3) is 0 Å². The van der Waals surface area contributed by atoms with Crippen LogP contribution in [0.5, 0.6) is 5.75 Å². The van der Waals surface area contributed by atoms with Gasteiger partial charge in [0.15, 0.2) is 0 Å². The predicted molar refractivity (Wildman–Crippen MR) is 89.6 cm³/mol. The van der Waals surface area contributed by atoms with Crippen LogP contribution in [0.1, 0.15) is 22.9 Å². The van der Waals surface area contributed by atoms with Gasteiger partial charge in [0.05, 0.1) is 18.2 Å². The molecule has 2 aromatic rings. The third-order valence-corrected chi connectivity index (χ3v) is 4.98. The first-order valence-corrected chi connectivity index (χ1v) is 8.79. The number of nitrogens with zero attached hydrogens (tertiary/aromatic N) is 3. The van der Waals surface area contributed by atoms with E-state index in [1.165, 1.54) is 12.8 Å². The molecular weight excluding hydrogens is 318 g/mol. The summed E-state index contributed by atoms with van der Waals surface area (Å²) in [6, 6.07) is 7.66. The van der Waals surface area contributed by atoms with Crippen LogP contribution in [0.15, 0.2) is 24.3 Å². The Morgan fingerprint density at radius 1 is 1.36 bits per heavy atom. The van der Waals surface area contributed by atoms with Crippen molar-refractivity contribution >= 4 is 22.9 Å². The molecule has 4 nitrogen and oxygen atoms in total. The number of piperidine rings is 1. The molecule has 0 radical (unpaired) electrons. The van der Waals surface area contributed by atoms with Gasteiger partial charge in [-0.25, -0.2) is 0 Å². The van der Waals surface area contributed by atoms with Gasteiger partial charge in [-0.05, 0) is 38.4 Å². The van der Waals surface area contributed by atoms with Crippen LogP contribution in [-0.4, -0.2) is 34.8 Å². The fourth-order valence-corrected chi connectivity index (χ4v) is 3.73. The average Bonchev–Trinajstić information content (AvgIpc) is 2.92. The Morgan fingerprint density at radius 2 is 2.23 bits per heavy atom. The van der Waals surface area contributed by atoms with E-state index in [1.807, 2.05) is 31.2 Å². The van der Waals surface area contributed by atoms with E-state index in [1.54, 1.807) is 11.3 Å². The number of para-hydroxylation sites is 1. The lowest BCUT2D eigenvalue weighted by Gasteiger charge is -2.31. The molecule has 1 aromatic heterocycles. The molecule has 6 heteroatoms. The molecule has 1 aromatic carbocycles. The van der Waals surface area contributed by atoms with E-state index in [4.69, 9.17) is 16.3 Å². The number of aryl methyl sites for hydroxylation is 1. The van der Waals surface area contributed by atoms with Crippen LogP contribution in [0.3, 0.4) is 0 Å². The topological polar surface area (TPSA) is 38.2 Å². The Hall–Kier alpha value is -1.17. The number of halogens is 1. The fraction of sp³-hybridized carbons (Fsp3) is 0.500. The van der Waals surface area contributed by atoms with Gasteiger partial charge in [0.25, 0.3) is 0 Å². The van der Waals surface area contributed by atoms with Gasteiger partial charge in [0.2, 0.25) is 0 Å². The van der Waals surface area contributed by atoms with Gasteiger partial charge < -0.3 is 4.74 Å². The minimum atomic E-state index is 0.541. The van der Waals surface area contributed by atoms with E-state index in [2.05, 4.69) is 15.1 Å². The van der Waals surface area contributed by atoms with Crippen LogP contribution >= 0.6 is 22.9 Å². The van der Waals surface area contributed by atoms with Gasteiger partial charge in [0.1, 0.15) is 15.8 Å². The standard InChI is InChI=1S/C16H20ClN3OS/c1-12-18-19-16(22-12)10-20-8-4-5-13(9-20)11-21-15-7-3-2-6-14(15)17/h2-3,6-7,13H,4-5,8-11H2,1H3/t13-/m0/s1. The third-order valence-electron chi connectivity index (χ3n) is 3.84. The normalized spacial score (nSPS) is 19.3. The van der Waals surface area contributed by atoms with E-state index < -0.39 is 0 Å². The zero-order valence-electron chi connectivity index (χ0n) is 12.7. The molecule has 0 bridgehead atoms. The number of hydrogen-bond donors (Lipinski definition) is 0. The summed E-state index contributed by atoms with van der Waals surface area (Å²) in [6.07, 6.45) is 2.41. The minimum absolute atomic E-state index is 0.541. The summed E-state index contributed by atoms with van der Waals surface area (Å²) in [5, 5.41) is 11.1. The highest BCUT2D eigenvalue weighted by molar-refractivity contribution is 7.11. The summed E-state index contributed by atoms with van der Waals surface area (Å²) in [6.45, 7) is 5.78. The van der Waals surface area contributed by atoms with Crippen molar-refractivity contribution in [3.63, 3.8) is 0 Å². The van der Waals surface area contributed by atoms with Crippen molar-refractivity contribution in [2.75, 3.05) is 19.7 Å². The smallest absolute Gasteiger partial charge is 0.137 e. The summed E-state index contributed by atoms with van der Waals surface area (Å²) in [5.41, 5.74) is 0. The summed E-state index contributed by atoms with van der Waals surface area (Å²) in [4.78, 5) is 2.45. The van der Waals surface area contributed by atoms with Crippen molar-refractivity contribution in [2.45, 2.75) is 26.3 Å². The number of hydrogen-bond acceptors (Lipinski definition) is 5. The van der Waals surface area contributed by atoms with Crippen molar-refractivity contribution < 1.29 is 4.74 Å². The van der Waals surface area contributed by atoms with Crippen molar-refractivity contribution in [3.8, 4) is 5.75 Å². The molecule has 22 heavy (non-hydrogen) atoms. The van der Waals surface area contributed by atoms with Crippen LogP contribution in [0.4, 0.5) is 0 Å². The van der Waals surface area contributed by atoms with Gasteiger partial charge in [-0.3, -0.25) is 4.90 Å². The molecule has 0 spiro atoms. The maximum absolute atomic E-state index is 6.13. The Morgan fingerprint density at radius 3 is 3.00 bits per heavy atom. The maximum atomic E-state index is 6.13. The van der Waals surface area contributed by atoms with Crippen LogP contribution in [0, 0.1) is 12.8 Å². The number of rotatable bonds is 5. The lowest BCUT2D eigenvalue weighted by Crippen LogP contribution is -2.37. The van der Waals surface area contributed by atoms with Gasteiger partial charge in [-0.2, -0.15) is 0 Å². The fourth-order valence-electron chi connectivity index (χ4n) is 2.79. The first kappa shape index (κ1) is 15.7. The third kappa shape index (κ3) is 4.18. The molecule has 1 saturated heterocycles. The van der Waals surface area contributed by atoms with E-state index in [-0.39, 0.29) is 0 Å². The van der Waals surface area contributed by atoms with Gasteiger partial charge in [0, 0.05) is 12.5 Å². The Balaban J connectivity index is 1.51. The lowest BCUT2D eigenvalue weighted by molar-refractivity contribution is 0.125. The Kier molecular flexibility index (Phi) is 5.28. The molecule has 0 amide bonds. The summed E-state index contributed by atoms with van der Waals surface area (Å²) >= 11 is 7.81. The molecule has 1 aliphatic rings. The van der Waals surface area contributed by atoms with Crippen LogP contribution in [0.2, 0.25) is 5.02 Å². The van der Waals surface area contributed by atoms with Crippen molar-refractivity contribution in [3.05, 3.63) is 39.3 Å². The van der Waals surface area contributed by atoms with Crippen molar-refractivity contribution in [2.24, 2.45) is 5.92 Å². The SMILES string of the molecule is Cc1nnc(CN2CCC[C@H](COc3ccccc3Cl)C2)s1. The van der Waals surface area contributed by atoms with E-state index in [9.17, 15) is 0 Å². The number of aromatic nitrogens is 2. The molecule has 0 aliphatic carbocycles. The highest BCUT2D eigenvalue weighted by Crippen LogP contribution is 2.25. The average molecular weight is 338 g/mol. The lowest BCUT2D eigenvalue weighted by atomic mass is 9.99. The highest BCUT2D eigenvalue weighted by Gasteiger charge is 2.21. The quantitative estimate of drug-likeness (QED) is 0.832. The number of likely N-dealkylation sites (tertiary alicyclic amines) is 1. The van der Waals surface area contributed by atoms with E-state index >= 15 is 0 Å². The summed E-state index contributed by atoms with van der Waals surface area (Å²) in [7, 11) is 0. The van der Waals surface area contributed by atoms with E-state index in [0.29, 0.717) is 10.9 Å². The predicted octanol–water partition coefficient (Wildman–Crippen LogP) is 3.79. The molecule has 1 aliphatic heterocycles. The largest absolute Gasteiger partial charge is 0.492 e. The number of benzene rings is 1. The van der Waals surface area contributed by atoms with Gasteiger partial charge in [-0.1, -0.05) is 23.7 Å². The molecule has 118 valence electrons. The minimum Gasteiger partial charge on any atom is -0.492 e. The second kappa shape index (κ2) is 7.40. The molecule has 0 N–H and O–H groups in total. The second-order valence-corrected chi connectivity index (χ2v) is 7.37. The highest BCUT2D eigenvalue weighted by atomic mass is 35.5. The molecular formula is C16H20ClN3OS. The molecule has 2 heterocycles. The first-order valence-electron chi connectivity index (χ1n) is 7.59. The molecule has 0 saturated carbocycles. The Bertz CT molecular complexity index is 619. The number of ether oxygens (including phenoxy) is 1. The molecule has 0 unspecified atom stereocenters. The molecule has 1 atom stereocenters. The van der Waals surface area contributed by atoms with Crippen molar-refractivity contribution in [1.29, 1.82) is 0 Å².